The quantitative estimate of drug-likeness (QED) is 0.785. The highest BCUT2D eigenvalue weighted by molar-refractivity contribution is 5.92. The fourth-order valence-corrected chi connectivity index (χ4v) is 1.31. The van der Waals surface area contributed by atoms with E-state index in [0.717, 1.165) is 6.07 Å². The molecule has 0 saturated carbocycles. The lowest BCUT2D eigenvalue weighted by Crippen LogP contribution is -2.12. The van der Waals surface area contributed by atoms with E-state index in [0.29, 0.717) is 0 Å². The summed E-state index contributed by atoms with van der Waals surface area (Å²) in [6.45, 7) is 1.09. The Morgan fingerprint density at radius 3 is 2.81 bits per heavy atom. The van der Waals surface area contributed by atoms with E-state index in [2.05, 4.69) is 4.74 Å². The van der Waals surface area contributed by atoms with Gasteiger partial charge in [-0.15, -0.1) is 0 Å². The maximum absolute atomic E-state index is 13.4. The highest BCUT2D eigenvalue weighted by Gasteiger charge is 2.20. The number of hydrogen-bond donors (Lipinski definition) is 1. The summed E-state index contributed by atoms with van der Waals surface area (Å²) in [5.41, 5.74) is -0.351. The maximum Gasteiger partial charge on any atom is 0.341 e. The van der Waals surface area contributed by atoms with Gasteiger partial charge in [-0.1, -0.05) is 0 Å². The maximum atomic E-state index is 13.4. The summed E-state index contributed by atoms with van der Waals surface area (Å²) in [4.78, 5) is 11.4. The normalized spacial score (nSPS) is 9.62. The molecule has 1 rings (SSSR count). The molecule has 0 radical (unpaired) electrons. The standard InChI is InChI=1S/C11H10FNO3/c1-2-16-11(15)10-8(6-14)7(5-13)3-4-9(10)12/h3-4,14H,2,6H2,1H3. The van der Waals surface area contributed by atoms with E-state index in [1.807, 2.05) is 0 Å². The lowest BCUT2D eigenvalue weighted by molar-refractivity contribution is 0.0517. The molecule has 0 heterocycles. The smallest absolute Gasteiger partial charge is 0.341 e. The molecule has 0 spiro atoms. The third kappa shape index (κ3) is 2.18. The summed E-state index contributed by atoms with van der Waals surface area (Å²) in [5.74, 6) is -1.68. The Morgan fingerprint density at radius 2 is 2.31 bits per heavy atom. The molecule has 0 saturated heterocycles. The van der Waals surface area contributed by atoms with Gasteiger partial charge < -0.3 is 9.84 Å². The number of ether oxygens (including phenoxy) is 1. The molecule has 0 unspecified atom stereocenters. The Balaban J connectivity index is 3.35. The van der Waals surface area contributed by atoms with Crippen molar-refractivity contribution in [3.05, 3.63) is 34.6 Å². The van der Waals surface area contributed by atoms with Gasteiger partial charge in [-0.25, -0.2) is 9.18 Å². The Bertz CT molecular complexity index is 451. The van der Waals surface area contributed by atoms with Crippen LogP contribution in [0.4, 0.5) is 4.39 Å². The molecule has 5 heteroatoms. The van der Waals surface area contributed by atoms with E-state index in [-0.39, 0.29) is 23.3 Å². The molecule has 16 heavy (non-hydrogen) atoms. The summed E-state index contributed by atoms with van der Waals surface area (Å²) in [5, 5.41) is 17.8. The minimum absolute atomic E-state index is 0.0408. The fourth-order valence-electron chi connectivity index (χ4n) is 1.31. The van der Waals surface area contributed by atoms with Gasteiger partial charge in [0.2, 0.25) is 0 Å². The number of aliphatic hydroxyl groups excluding tert-OH is 1. The first-order valence-corrected chi connectivity index (χ1v) is 4.65. The van der Waals surface area contributed by atoms with Crippen molar-refractivity contribution >= 4 is 5.97 Å². The molecule has 4 nitrogen and oxygen atoms in total. The molecule has 0 fully saturated rings. The van der Waals surface area contributed by atoms with Crippen LogP contribution in [-0.4, -0.2) is 17.7 Å². The average molecular weight is 223 g/mol. The van der Waals surface area contributed by atoms with E-state index in [1.165, 1.54) is 6.07 Å². The predicted octanol–water partition coefficient (Wildman–Crippen LogP) is 1.37. The van der Waals surface area contributed by atoms with Crippen molar-refractivity contribution in [1.82, 2.24) is 0 Å². The molecule has 0 amide bonds. The van der Waals surface area contributed by atoms with Gasteiger partial charge in [0.25, 0.3) is 0 Å². The van der Waals surface area contributed by atoms with Gasteiger partial charge in [0.05, 0.1) is 24.8 Å². The second-order valence-electron chi connectivity index (χ2n) is 2.94. The topological polar surface area (TPSA) is 70.3 Å². The molecular formula is C11H10FNO3. The second kappa shape index (κ2) is 5.24. The van der Waals surface area contributed by atoms with Crippen molar-refractivity contribution in [1.29, 1.82) is 5.26 Å². The Hall–Kier alpha value is -1.93. The van der Waals surface area contributed by atoms with Crippen LogP contribution >= 0.6 is 0 Å². The molecule has 0 aromatic heterocycles. The predicted molar refractivity (Wildman–Crippen MR) is 53.0 cm³/mol. The molecular weight excluding hydrogens is 213 g/mol. The number of aliphatic hydroxyl groups is 1. The average Bonchev–Trinajstić information content (AvgIpc) is 2.28. The fraction of sp³-hybridized carbons (Fsp3) is 0.273. The molecule has 1 aromatic rings. The summed E-state index contributed by atoms with van der Waals surface area (Å²) < 4.78 is 18.1. The lowest BCUT2D eigenvalue weighted by Gasteiger charge is -2.09. The minimum atomic E-state index is -0.874. The molecule has 0 atom stereocenters. The molecule has 1 N–H and O–H groups in total. The van der Waals surface area contributed by atoms with Gasteiger partial charge >= 0.3 is 5.97 Å². The van der Waals surface area contributed by atoms with Gasteiger partial charge in [-0.2, -0.15) is 5.26 Å². The van der Waals surface area contributed by atoms with Crippen molar-refractivity contribution in [3.63, 3.8) is 0 Å². The summed E-state index contributed by atoms with van der Waals surface area (Å²) in [7, 11) is 0. The van der Waals surface area contributed by atoms with Crippen LogP contribution in [0.5, 0.6) is 0 Å². The van der Waals surface area contributed by atoms with Crippen LogP contribution in [0.2, 0.25) is 0 Å². The van der Waals surface area contributed by atoms with E-state index >= 15 is 0 Å². The van der Waals surface area contributed by atoms with Gasteiger partial charge in [0, 0.05) is 5.56 Å². The number of carbonyl (C=O) groups excluding carboxylic acids is 1. The van der Waals surface area contributed by atoms with Crippen LogP contribution in [0.25, 0.3) is 0 Å². The first kappa shape index (κ1) is 12.1. The second-order valence-corrected chi connectivity index (χ2v) is 2.94. The van der Waals surface area contributed by atoms with Gasteiger partial charge in [-0.3, -0.25) is 0 Å². The molecule has 84 valence electrons. The number of nitriles is 1. The van der Waals surface area contributed by atoms with Crippen LogP contribution in [0.15, 0.2) is 12.1 Å². The molecule has 1 aromatic carbocycles. The molecule has 0 aliphatic heterocycles. The van der Waals surface area contributed by atoms with Gasteiger partial charge in [-0.05, 0) is 19.1 Å². The zero-order chi connectivity index (χ0) is 12.1. The van der Waals surface area contributed by atoms with Crippen LogP contribution in [0.3, 0.4) is 0 Å². The van der Waals surface area contributed by atoms with Crippen molar-refractivity contribution in [3.8, 4) is 6.07 Å². The summed E-state index contributed by atoms with van der Waals surface area (Å²) >= 11 is 0. The Labute approximate surface area is 91.9 Å². The Morgan fingerprint density at radius 1 is 1.62 bits per heavy atom. The highest BCUT2D eigenvalue weighted by atomic mass is 19.1. The summed E-state index contributed by atoms with van der Waals surface area (Å²) in [6, 6.07) is 3.99. The molecule has 0 aliphatic rings. The zero-order valence-corrected chi connectivity index (χ0v) is 8.66. The van der Waals surface area contributed by atoms with Gasteiger partial charge in [0.1, 0.15) is 11.4 Å². The number of nitrogens with zero attached hydrogens (tertiary/aromatic N) is 1. The Kier molecular flexibility index (Phi) is 3.97. The van der Waals surface area contributed by atoms with E-state index in [4.69, 9.17) is 10.4 Å². The summed E-state index contributed by atoms with van der Waals surface area (Å²) in [6.07, 6.45) is 0. The zero-order valence-electron chi connectivity index (χ0n) is 8.66. The number of carbonyl (C=O) groups is 1. The first-order chi connectivity index (χ1) is 7.65. The van der Waals surface area contributed by atoms with E-state index in [9.17, 15) is 9.18 Å². The monoisotopic (exact) mass is 223 g/mol. The molecule has 0 bridgehead atoms. The van der Waals surface area contributed by atoms with Crippen LogP contribution in [0.1, 0.15) is 28.4 Å². The number of halogens is 1. The number of rotatable bonds is 3. The minimum Gasteiger partial charge on any atom is -0.462 e. The third-order valence-corrected chi connectivity index (χ3v) is 2.02. The van der Waals surface area contributed by atoms with E-state index in [1.54, 1.807) is 13.0 Å². The van der Waals surface area contributed by atoms with Crippen molar-refractivity contribution < 1.29 is 19.0 Å². The largest absolute Gasteiger partial charge is 0.462 e. The number of benzene rings is 1. The lowest BCUT2D eigenvalue weighted by atomic mass is 10.0. The first-order valence-electron chi connectivity index (χ1n) is 4.65. The number of esters is 1. The van der Waals surface area contributed by atoms with Crippen LogP contribution in [-0.2, 0) is 11.3 Å². The third-order valence-electron chi connectivity index (χ3n) is 2.02. The van der Waals surface area contributed by atoms with E-state index < -0.39 is 18.4 Å². The van der Waals surface area contributed by atoms with Crippen LogP contribution in [0, 0.1) is 17.1 Å². The number of hydrogen-bond acceptors (Lipinski definition) is 4. The highest BCUT2D eigenvalue weighted by Crippen LogP contribution is 2.19. The van der Waals surface area contributed by atoms with Crippen molar-refractivity contribution in [2.75, 3.05) is 6.61 Å². The van der Waals surface area contributed by atoms with Crippen molar-refractivity contribution in [2.45, 2.75) is 13.5 Å². The van der Waals surface area contributed by atoms with Crippen LogP contribution < -0.4 is 0 Å². The molecule has 0 aliphatic carbocycles. The SMILES string of the molecule is CCOC(=O)c1c(F)ccc(C#N)c1CO. The van der Waals surface area contributed by atoms with Gasteiger partial charge in [0.15, 0.2) is 0 Å². The van der Waals surface area contributed by atoms with Crippen molar-refractivity contribution in [2.24, 2.45) is 0 Å².